The first-order valence-electron chi connectivity index (χ1n) is 9.91. The highest BCUT2D eigenvalue weighted by molar-refractivity contribution is 7.09. The molecule has 10 heteroatoms. The summed E-state index contributed by atoms with van der Waals surface area (Å²) in [5.41, 5.74) is -1.30. The van der Waals surface area contributed by atoms with E-state index in [-0.39, 0.29) is 29.1 Å². The Morgan fingerprint density at radius 2 is 1.94 bits per heavy atom. The summed E-state index contributed by atoms with van der Waals surface area (Å²) < 4.78 is 39.5. The van der Waals surface area contributed by atoms with E-state index in [0.29, 0.717) is 32.5 Å². The Morgan fingerprint density at radius 3 is 2.58 bits per heavy atom. The van der Waals surface area contributed by atoms with Gasteiger partial charge in [0.1, 0.15) is 0 Å². The molecule has 0 saturated carbocycles. The molecule has 1 fully saturated rings. The van der Waals surface area contributed by atoms with E-state index in [9.17, 15) is 22.8 Å². The maximum Gasteiger partial charge on any atom is 0.418 e. The van der Waals surface area contributed by atoms with E-state index < -0.39 is 17.6 Å². The Kier molecular flexibility index (Phi) is 7.96. The predicted octanol–water partition coefficient (Wildman–Crippen LogP) is 4.43. The van der Waals surface area contributed by atoms with Gasteiger partial charge in [-0.3, -0.25) is 14.5 Å². The van der Waals surface area contributed by atoms with Crippen LogP contribution in [0.4, 0.5) is 18.9 Å². The zero-order valence-corrected chi connectivity index (χ0v) is 18.2. The Balaban J connectivity index is 1.43. The Morgan fingerprint density at radius 1 is 1.19 bits per heavy atom. The number of nitrogens with one attached hydrogen (secondary N) is 2. The van der Waals surface area contributed by atoms with Crippen LogP contribution in [0.1, 0.15) is 23.3 Å². The lowest BCUT2D eigenvalue weighted by Crippen LogP contribution is -2.43. The first-order valence-corrected chi connectivity index (χ1v) is 11.2. The van der Waals surface area contributed by atoms with Crippen molar-refractivity contribution in [2.75, 3.05) is 31.5 Å². The lowest BCUT2D eigenvalue weighted by atomic mass is 9.96. The maximum absolute atomic E-state index is 13.2. The number of piperidine rings is 1. The number of benzene rings is 1. The van der Waals surface area contributed by atoms with Crippen LogP contribution in [-0.2, 0) is 22.2 Å². The predicted molar refractivity (Wildman–Crippen MR) is 115 cm³/mol. The molecule has 1 aliphatic heterocycles. The zero-order chi connectivity index (χ0) is 22.4. The summed E-state index contributed by atoms with van der Waals surface area (Å²) in [6, 6.07) is 7.25. The number of nitrogens with zero attached hydrogens (tertiary/aromatic N) is 1. The Bertz CT molecular complexity index is 898. The van der Waals surface area contributed by atoms with Crippen LogP contribution in [0.2, 0.25) is 5.02 Å². The van der Waals surface area contributed by atoms with Crippen molar-refractivity contribution in [3.63, 3.8) is 0 Å². The molecule has 1 aliphatic rings. The van der Waals surface area contributed by atoms with Crippen molar-refractivity contribution in [2.45, 2.75) is 25.4 Å². The van der Waals surface area contributed by atoms with E-state index in [2.05, 4.69) is 10.6 Å². The van der Waals surface area contributed by atoms with E-state index in [0.717, 1.165) is 18.6 Å². The molecule has 2 N–H and O–H groups in total. The number of alkyl halides is 3. The number of rotatable bonds is 7. The van der Waals surface area contributed by atoms with Crippen molar-refractivity contribution < 1.29 is 22.8 Å². The molecule has 2 amide bonds. The number of likely N-dealkylation sites (tertiary alicyclic amines) is 1. The van der Waals surface area contributed by atoms with Crippen molar-refractivity contribution in [2.24, 2.45) is 5.92 Å². The van der Waals surface area contributed by atoms with Gasteiger partial charge in [0.25, 0.3) is 0 Å². The smallest absolute Gasteiger partial charge is 0.355 e. The number of thiophene rings is 1. The number of hydrogen-bond acceptors (Lipinski definition) is 4. The fourth-order valence-corrected chi connectivity index (χ4v) is 4.40. The highest BCUT2D eigenvalue weighted by Crippen LogP contribution is 2.36. The molecule has 0 radical (unpaired) electrons. The van der Waals surface area contributed by atoms with E-state index in [1.807, 2.05) is 22.4 Å². The molecule has 0 unspecified atom stereocenters. The van der Waals surface area contributed by atoms with Gasteiger partial charge in [-0.05, 0) is 62.0 Å². The molecule has 2 aromatic rings. The number of carbonyl (C=O) groups is 2. The molecule has 0 bridgehead atoms. The Hall–Kier alpha value is -2.10. The summed E-state index contributed by atoms with van der Waals surface area (Å²) >= 11 is 7.31. The first kappa shape index (κ1) is 23.6. The minimum Gasteiger partial charge on any atom is -0.355 e. The maximum atomic E-state index is 13.2. The molecular weight excluding hydrogens is 451 g/mol. The molecule has 3 rings (SSSR count). The Labute approximate surface area is 187 Å². The highest BCUT2D eigenvalue weighted by Gasteiger charge is 2.34. The molecule has 31 heavy (non-hydrogen) atoms. The summed E-state index contributed by atoms with van der Waals surface area (Å²) in [6.45, 7) is 1.61. The van der Waals surface area contributed by atoms with E-state index in [1.165, 1.54) is 10.9 Å². The SMILES string of the molecule is O=C(CN1CCC(C(=O)NCCc2cccs2)CC1)Nc1ccc(Cl)cc1C(F)(F)F. The molecule has 1 saturated heterocycles. The highest BCUT2D eigenvalue weighted by atomic mass is 35.5. The third-order valence-corrected chi connectivity index (χ3v) is 6.31. The van der Waals surface area contributed by atoms with Gasteiger partial charge in [0.2, 0.25) is 11.8 Å². The van der Waals surface area contributed by atoms with Gasteiger partial charge in [0.05, 0.1) is 17.8 Å². The van der Waals surface area contributed by atoms with Crippen molar-refractivity contribution in [3.05, 3.63) is 51.2 Å². The summed E-state index contributed by atoms with van der Waals surface area (Å²) in [6.07, 6.45) is -2.62. The molecule has 5 nitrogen and oxygen atoms in total. The van der Waals surface area contributed by atoms with Crippen LogP contribution >= 0.6 is 22.9 Å². The second kappa shape index (κ2) is 10.5. The average molecular weight is 474 g/mol. The summed E-state index contributed by atoms with van der Waals surface area (Å²) in [5.74, 6) is -0.640. The van der Waals surface area contributed by atoms with Crippen LogP contribution in [-0.4, -0.2) is 42.9 Å². The molecule has 0 aliphatic carbocycles. The summed E-state index contributed by atoms with van der Waals surface area (Å²) in [7, 11) is 0. The van der Waals surface area contributed by atoms with Crippen LogP contribution in [0, 0.1) is 5.92 Å². The molecule has 1 aromatic carbocycles. The van der Waals surface area contributed by atoms with E-state index >= 15 is 0 Å². The largest absolute Gasteiger partial charge is 0.418 e. The third kappa shape index (κ3) is 6.95. The van der Waals surface area contributed by atoms with Gasteiger partial charge in [-0.15, -0.1) is 11.3 Å². The fraction of sp³-hybridized carbons (Fsp3) is 0.429. The first-order chi connectivity index (χ1) is 14.7. The van der Waals surface area contributed by atoms with Crippen molar-refractivity contribution in [1.29, 1.82) is 0 Å². The summed E-state index contributed by atoms with van der Waals surface area (Å²) in [4.78, 5) is 27.7. The second-order valence-corrected chi connectivity index (χ2v) is 8.88. The van der Waals surface area contributed by atoms with Gasteiger partial charge < -0.3 is 10.6 Å². The number of anilines is 1. The van der Waals surface area contributed by atoms with Crippen LogP contribution in [0.5, 0.6) is 0 Å². The quantitative estimate of drug-likeness (QED) is 0.625. The monoisotopic (exact) mass is 473 g/mol. The van der Waals surface area contributed by atoms with Crippen LogP contribution < -0.4 is 10.6 Å². The molecule has 1 aromatic heterocycles. The lowest BCUT2D eigenvalue weighted by Gasteiger charge is -2.30. The standard InChI is InChI=1S/C21H23ClF3N3O2S/c22-15-3-4-18(17(12-15)21(23,24)25)27-19(29)13-28-9-6-14(7-10-28)20(30)26-8-5-16-2-1-11-31-16/h1-4,11-12,14H,5-10,13H2,(H,26,30)(H,27,29). The van der Waals surface area contributed by atoms with Crippen molar-refractivity contribution in [3.8, 4) is 0 Å². The van der Waals surface area contributed by atoms with Gasteiger partial charge >= 0.3 is 6.18 Å². The van der Waals surface area contributed by atoms with Crippen molar-refractivity contribution in [1.82, 2.24) is 10.2 Å². The van der Waals surface area contributed by atoms with Gasteiger partial charge in [-0.1, -0.05) is 17.7 Å². The minimum atomic E-state index is -4.62. The van der Waals surface area contributed by atoms with E-state index in [1.54, 1.807) is 11.3 Å². The molecule has 2 heterocycles. The van der Waals surface area contributed by atoms with Gasteiger partial charge in [0, 0.05) is 22.4 Å². The van der Waals surface area contributed by atoms with Crippen LogP contribution in [0.15, 0.2) is 35.7 Å². The summed E-state index contributed by atoms with van der Waals surface area (Å²) in [5, 5.41) is 7.23. The number of halogens is 4. The van der Waals surface area contributed by atoms with Gasteiger partial charge in [-0.25, -0.2) is 0 Å². The number of hydrogen-bond donors (Lipinski definition) is 2. The van der Waals surface area contributed by atoms with Crippen LogP contribution in [0.3, 0.4) is 0 Å². The second-order valence-electron chi connectivity index (χ2n) is 7.41. The van der Waals surface area contributed by atoms with Crippen molar-refractivity contribution >= 4 is 40.4 Å². The molecule has 168 valence electrons. The van der Waals surface area contributed by atoms with Gasteiger partial charge in [-0.2, -0.15) is 13.2 Å². The average Bonchev–Trinajstić information content (AvgIpc) is 3.22. The number of carbonyl (C=O) groups excluding carboxylic acids is 2. The number of amides is 2. The molecular formula is C21H23ClF3N3O2S. The fourth-order valence-electron chi connectivity index (χ4n) is 3.51. The normalized spacial score (nSPS) is 15.6. The lowest BCUT2D eigenvalue weighted by molar-refractivity contribution is -0.137. The zero-order valence-electron chi connectivity index (χ0n) is 16.7. The molecule has 0 atom stereocenters. The molecule has 0 spiro atoms. The third-order valence-electron chi connectivity index (χ3n) is 5.14. The van der Waals surface area contributed by atoms with Gasteiger partial charge in [0.15, 0.2) is 0 Å². The van der Waals surface area contributed by atoms with E-state index in [4.69, 9.17) is 11.6 Å². The minimum absolute atomic E-state index is 0.0108. The topological polar surface area (TPSA) is 61.4 Å². The van der Waals surface area contributed by atoms with Crippen LogP contribution in [0.25, 0.3) is 0 Å².